The van der Waals surface area contributed by atoms with Crippen molar-refractivity contribution in [1.29, 1.82) is 0 Å². The zero-order valence-electron chi connectivity index (χ0n) is 8.83. The van der Waals surface area contributed by atoms with Crippen LogP contribution in [0.1, 0.15) is 13.8 Å². The number of carbonyl (C=O) groups excluding carboxylic acids is 2. The number of carboxylic acids is 2. The molecule has 0 aromatic carbocycles. The second-order valence-corrected chi connectivity index (χ2v) is 2.52. The minimum atomic E-state index is -4.64. The molecule has 0 rings (SSSR count). The molecular formula is C4H9K2O8P. The van der Waals surface area contributed by atoms with Gasteiger partial charge in [0.2, 0.25) is 0 Å². The molecule has 80 valence electrons. The number of rotatable bonds is 0. The van der Waals surface area contributed by atoms with Gasteiger partial charge in [0, 0.05) is 11.9 Å². The van der Waals surface area contributed by atoms with E-state index in [0.717, 1.165) is 13.8 Å². The Bertz CT molecular complexity index is 173. The van der Waals surface area contributed by atoms with Crippen LogP contribution in [0.15, 0.2) is 0 Å². The Kier molecular flexibility index (Phi) is 37.9. The molecule has 0 unspecified atom stereocenters. The molecule has 0 heterocycles. The molecule has 0 spiro atoms. The average molecular weight is 294 g/mol. The first-order valence-electron chi connectivity index (χ1n) is 2.60. The van der Waals surface area contributed by atoms with Gasteiger partial charge >= 0.3 is 111 Å². The van der Waals surface area contributed by atoms with E-state index >= 15 is 0 Å². The number of carbonyl (C=O) groups is 2. The normalized spacial score (nSPS) is 7.27. The van der Waals surface area contributed by atoms with Crippen LogP contribution in [-0.2, 0) is 14.2 Å². The number of aliphatic carboxylic acids is 2. The zero-order valence-corrected chi connectivity index (χ0v) is 16.0. The number of phosphoric acid groups is 1. The van der Waals surface area contributed by atoms with Gasteiger partial charge in [-0.05, 0) is 13.8 Å². The van der Waals surface area contributed by atoms with Crippen molar-refractivity contribution in [2.24, 2.45) is 0 Å². The maximum absolute atomic E-state index is 8.89. The molecule has 0 aliphatic heterocycles. The maximum Gasteiger partial charge on any atom is 1.00 e. The molecule has 15 heavy (non-hydrogen) atoms. The van der Waals surface area contributed by atoms with Gasteiger partial charge in [-0.3, -0.25) is 0 Å². The Hall–Kier alpha value is 2.32. The molecular weight excluding hydrogens is 285 g/mol. The van der Waals surface area contributed by atoms with Gasteiger partial charge < -0.3 is 34.5 Å². The topological polar surface area (TPSA) is 158 Å². The molecule has 0 saturated heterocycles. The molecule has 0 aromatic heterocycles. The quantitative estimate of drug-likeness (QED) is 0.293. The van der Waals surface area contributed by atoms with E-state index < -0.39 is 19.8 Å². The second kappa shape index (κ2) is 18.7. The smallest absolute Gasteiger partial charge is 0.550 e. The maximum atomic E-state index is 8.89. The zero-order chi connectivity index (χ0) is 11.7. The van der Waals surface area contributed by atoms with Crippen LogP contribution in [0, 0.1) is 0 Å². The molecule has 0 fully saturated rings. The molecule has 0 aliphatic rings. The molecule has 11 heteroatoms. The summed E-state index contributed by atoms with van der Waals surface area (Å²) in [5.74, 6) is -2.17. The second-order valence-electron chi connectivity index (χ2n) is 1.50. The predicted molar refractivity (Wildman–Crippen MR) is 35.6 cm³/mol. The van der Waals surface area contributed by atoms with Crippen molar-refractivity contribution in [1.82, 2.24) is 0 Å². The summed E-state index contributed by atoms with van der Waals surface area (Å²) < 4.78 is 8.88. The van der Waals surface area contributed by atoms with Crippen molar-refractivity contribution in [2.45, 2.75) is 13.8 Å². The number of hydrogen-bond acceptors (Lipinski definition) is 5. The van der Waals surface area contributed by atoms with Gasteiger partial charge in [-0.15, -0.1) is 0 Å². The van der Waals surface area contributed by atoms with E-state index in [0.29, 0.717) is 0 Å². The van der Waals surface area contributed by atoms with E-state index in [-0.39, 0.29) is 103 Å². The fourth-order valence-corrected chi connectivity index (χ4v) is 0. The fraction of sp³-hybridized carbons (Fsp3) is 0.500. The van der Waals surface area contributed by atoms with Crippen molar-refractivity contribution in [2.75, 3.05) is 0 Å². The predicted octanol–water partition coefficient (Wildman–Crippen LogP) is -9.41. The first kappa shape index (κ1) is 30.4. The molecule has 0 bridgehead atoms. The third kappa shape index (κ3) is 621. The molecule has 0 radical (unpaired) electrons. The summed E-state index contributed by atoms with van der Waals surface area (Å²) in [6.07, 6.45) is 0. The Balaban J connectivity index is -0.0000000315. The largest absolute Gasteiger partial charge is 1.00 e. The monoisotopic (exact) mass is 294 g/mol. The van der Waals surface area contributed by atoms with Crippen LogP contribution >= 0.6 is 7.82 Å². The molecule has 0 amide bonds. The van der Waals surface area contributed by atoms with E-state index in [1.807, 2.05) is 0 Å². The molecule has 0 atom stereocenters. The van der Waals surface area contributed by atoms with Gasteiger partial charge in [-0.2, -0.15) is 0 Å². The van der Waals surface area contributed by atoms with Crippen molar-refractivity contribution in [3.63, 3.8) is 0 Å². The summed E-state index contributed by atoms with van der Waals surface area (Å²) >= 11 is 0. The van der Waals surface area contributed by atoms with Crippen LogP contribution in [0.5, 0.6) is 0 Å². The van der Waals surface area contributed by atoms with Crippen molar-refractivity contribution < 1.29 is 142 Å². The van der Waals surface area contributed by atoms with Crippen molar-refractivity contribution in [3.8, 4) is 0 Å². The van der Waals surface area contributed by atoms with E-state index in [2.05, 4.69) is 0 Å². The summed E-state index contributed by atoms with van der Waals surface area (Å²) in [6.45, 7) is 1.94. The fourth-order valence-electron chi connectivity index (χ4n) is 0. The Morgan fingerprint density at radius 1 is 0.933 bits per heavy atom. The van der Waals surface area contributed by atoms with Gasteiger partial charge in [0.25, 0.3) is 0 Å². The van der Waals surface area contributed by atoms with Crippen LogP contribution in [0.25, 0.3) is 0 Å². The van der Waals surface area contributed by atoms with Crippen LogP contribution < -0.4 is 113 Å². The van der Waals surface area contributed by atoms with Crippen LogP contribution in [0.2, 0.25) is 0 Å². The summed E-state index contributed by atoms with van der Waals surface area (Å²) in [7, 11) is -4.64. The Labute approximate surface area is 172 Å². The first-order chi connectivity index (χ1) is 5.46. The third-order valence-corrected chi connectivity index (χ3v) is 0. The third-order valence-electron chi connectivity index (χ3n) is 0. The Morgan fingerprint density at radius 2 is 0.933 bits per heavy atom. The molecule has 8 nitrogen and oxygen atoms in total. The van der Waals surface area contributed by atoms with Gasteiger partial charge in [-0.1, -0.05) is 0 Å². The van der Waals surface area contributed by atoms with Gasteiger partial charge in [0.15, 0.2) is 0 Å². The number of carboxylic acid groups (broad SMARTS) is 2. The standard InChI is InChI=1S/2C2H4O2.2K.H3O4P/c2*1-2(3)4;;;1-5(2,3)4/h2*1H3,(H,3,4);;;(H3,1,2,3,4)/q;;2*+1;/p-2. The Morgan fingerprint density at radius 3 is 0.933 bits per heavy atom. The van der Waals surface area contributed by atoms with Crippen molar-refractivity contribution >= 4 is 19.8 Å². The van der Waals surface area contributed by atoms with Gasteiger partial charge in [-0.25, -0.2) is 4.57 Å². The summed E-state index contributed by atoms with van der Waals surface area (Å²) in [5.41, 5.74) is 0. The van der Waals surface area contributed by atoms with Gasteiger partial charge in [0.1, 0.15) is 0 Å². The summed E-state index contributed by atoms with van der Waals surface area (Å²) in [4.78, 5) is 39.3. The van der Waals surface area contributed by atoms with E-state index in [9.17, 15) is 0 Å². The van der Waals surface area contributed by atoms with E-state index in [1.54, 1.807) is 0 Å². The van der Waals surface area contributed by atoms with Crippen LogP contribution in [-0.4, -0.2) is 26.6 Å². The SMILES string of the molecule is CC(=O)[O-].CC(=O)[O-].O=P(O)(O)O.[K+].[K+]. The van der Waals surface area contributed by atoms with Gasteiger partial charge in [0.05, 0.1) is 0 Å². The molecule has 3 N–H and O–H groups in total. The summed E-state index contributed by atoms with van der Waals surface area (Å²) in [6, 6.07) is 0. The minimum Gasteiger partial charge on any atom is -0.550 e. The van der Waals surface area contributed by atoms with Crippen molar-refractivity contribution in [3.05, 3.63) is 0 Å². The van der Waals surface area contributed by atoms with Crippen LogP contribution in [0.4, 0.5) is 0 Å². The number of hydrogen-bond donors (Lipinski definition) is 3. The average Bonchev–Trinajstić information content (AvgIpc) is 1.50. The summed E-state index contributed by atoms with van der Waals surface area (Å²) in [5, 5.41) is 17.8. The molecule has 0 saturated carbocycles. The molecule has 0 aliphatic carbocycles. The first-order valence-corrected chi connectivity index (χ1v) is 4.16. The minimum absolute atomic E-state index is 0. The van der Waals surface area contributed by atoms with Crippen LogP contribution in [0.3, 0.4) is 0 Å². The molecule has 0 aromatic rings. The van der Waals surface area contributed by atoms with E-state index in [4.69, 9.17) is 39.0 Å². The van der Waals surface area contributed by atoms with E-state index in [1.165, 1.54) is 0 Å².